The van der Waals surface area contributed by atoms with Crippen LogP contribution >= 0.6 is 0 Å². The van der Waals surface area contributed by atoms with E-state index in [0.29, 0.717) is 5.92 Å². The first kappa shape index (κ1) is 9.79. The standard InChI is InChI=1S/C13H14N2/c1-9(2)12-7-11-5-4-10(8-14)6-13(11)15(12)3/h4-7,9H,1-3H3. The molecule has 0 radical (unpaired) electrons. The molecule has 0 saturated heterocycles. The molecule has 2 aromatic rings. The zero-order valence-electron chi connectivity index (χ0n) is 9.28. The van der Waals surface area contributed by atoms with Crippen molar-refractivity contribution in [2.45, 2.75) is 19.8 Å². The quantitative estimate of drug-likeness (QED) is 0.691. The summed E-state index contributed by atoms with van der Waals surface area (Å²) in [5, 5.41) is 10.1. The molecule has 0 N–H and O–H groups in total. The van der Waals surface area contributed by atoms with Gasteiger partial charge in [0, 0.05) is 18.3 Å². The third-order valence-electron chi connectivity index (χ3n) is 2.80. The van der Waals surface area contributed by atoms with Crippen molar-refractivity contribution in [3.63, 3.8) is 0 Å². The highest BCUT2D eigenvalue weighted by atomic mass is 14.9. The molecule has 1 aromatic carbocycles. The highest BCUT2D eigenvalue weighted by molar-refractivity contribution is 5.82. The van der Waals surface area contributed by atoms with E-state index in [0.717, 1.165) is 11.1 Å². The summed E-state index contributed by atoms with van der Waals surface area (Å²) in [5.41, 5.74) is 3.16. The maximum Gasteiger partial charge on any atom is 0.0992 e. The van der Waals surface area contributed by atoms with Gasteiger partial charge in [0.25, 0.3) is 0 Å². The molecule has 0 saturated carbocycles. The fourth-order valence-corrected chi connectivity index (χ4v) is 1.97. The minimum atomic E-state index is 0.507. The summed E-state index contributed by atoms with van der Waals surface area (Å²) in [4.78, 5) is 0. The molecule has 0 unspecified atom stereocenters. The Morgan fingerprint density at radius 3 is 2.60 bits per heavy atom. The highest BCUT2D eigenvalue weighted by Gasteiger charge is 2.08. The second-order valence-corrected chi connectivity index (χ2v) is 4.17. The first-order valence-electron chi connectivity index (χ1n) is 5.13. The number of hydrogen-bond acceptors (Lipinski definition) is 1. The van der Waals surface area contributed by atoms with Gasteiger partial charge in [0.1, 0.15) is 0 Å². The Morgan fingerprint density at radius 2 is 2.00 bits per heavy atom. The third kappa shape index (κ3) is 1.50. The topological polar surface area (TPSA) is 28.7 Å². The van der Waals surface area contributed by atoms with Crippen molar-refractivity contribution < 1.29 is 0 Å². The Hall–Kier alpha value is -1.75. The zero-order valence-corrected chi connectivity index (χ0v) is 9.28. The molecule has 76 valence electrons. The molecule has 0 bridgehead atoms. The Labute approximate surface area is 89.7 Å². The average molecular weight is 198 g/mol. The second kappa shape index (κ2) is 3.43. The smallest absolute Gasteiger partial charge is 0.0992 e. The fourth-order valence-electron chi connectivity index (χ4n) is 1.97. The van der Waals surface area contributed by atoms with E-state index in [-0.39, 0.29) is 0 Å². The maximum absolute atomic E-state index is 8.84. The van der Waals surface area contributed by atoms with Gasteiger partial charge in [-0.25, -0.2) is 0 Å². The summed E-state index contributed by atoms with van der Waals surface area (Å²) >= 11 is 0. The molecule has 0 amide bonds. The van der Waals surface area contributed by atoms with E-state index in [9.17, 15) is 0 Å². The molecule has 0 aliphatic carbocycles. The number of rotatable bonds is 1. The molecular weight excluding hydrogens is 184 g/mol. The lowest BCUT2D eigenvalue weighted by Gasteiger charge is -2.06. The summed E-state index contributed by atoms with van der Waals surface area (Å²) in [6.07, 6.45) is 0. The number of nitrogens with zero attached hydrogens (tertiary/aromatic N) is 2. The van der Waals surface area contributed by atoms with Gasteiger partial charge in [-0.2, -0.15) is 5.26 Å². The van der Waals surface area contributed by atoms with Crippen LogP contribution in [0.1, 0.15) is 31.0 Å². The van der Waals surface area contributed by atoms with Gasteiger partial charge in [0.15, 0.2) is 0 Å². The minimum Gasteiger partial charge on any atom is -0.347 e. The number of nitriles is 1. The molecule has 15 heavy (non-hydrogen) atoms. The lowest BCUT2D eigenvalue weighted by atomic mass is 10.1. The van der Waals surface area contributed by atoms with E-state index in [4.69, 9.17) is 5.26 Å². The molecule has 0 atom stereocenters. The summed E-state index contributed by atoms with van der Waals surface area (Å²) in [7, 11) is 2.05. The van der Waals surface area contributed by atoms with Crippen LogP contribution in [-0.4, -0.2) is 4.57 Å². The summed E-state index contributed by atoms with van der Waals surface area (Å²) in [6.45, 7) is 4.36. The molecule has 2 nitrogen and oxygen atoms in total. The number of aryl methyl sites for hydroxylation is 1. The summed E-state index contributed by atoms with van der Waals surface area (Å²) in [5.74, 6) is 0.507. The van der Waals surface area contributed by atoms with E-state index in [1.807, 2.05) is 18.2 Å². The van der Waals surface area contributed by atoms with Gasteiger partial charge in [-0.3, -0.25) is 0 Å². The van der Waals surface area contributed by atoms with Gasteiger partial charge in [0.2, 0.25) is 0 Å². The Bertz CT molecular complexity index is 541. The van der Waals surface area contributed by atoms with Crippen molar-refractivity contribution >= 4 is 10.9 Å². The van der Waals surface area contributed by atoms with Crippen LogP contribution in [0.2, 0.25) is 0 Å². The van der Waals surface area contributed by atoms with Crippen LogP contribution in [0.3, 0.4) is 0 Å². The first-order valence-corrected chi connectivity index (χ1v) is 5.13. The summed E-state index contributed by atoms with van der Waals surface area (Å²) < 4.78 is 2.17. The van der Waals surface area contributed by atoms with Crippen LogP contribution in [0.5, 0.6) is 0 Å². The Balaban J connectivity index is 2.73. The Kier molecular flexibility index (Phi) is 2.24. The fraction of sp³-hybridized carbons (Fsp3) is 0.308. The molecule has 0 fully saturated rings. The van der Waals surface area contributed by atoms with Crippen LogP contribution < -0.4 is 0 Å². The SMILES string of the molecule is CC(C)c1cc2ccc(C#N)cc2n1C. The van der Waals surface area contributed by atoms with E-state index < -0.39 is 0 Å². The van der Waals surface area contributed by atoms with Crippen molar-refractivity contribution in [1.82, 2.24) is 4.57 Å². The van der Waals surface area contributed by atoms with Gasteiger partial charge in [0.05, 0.1) is 11.6 Å². The Morgan fingerprint density at radius 1 is 1.27 bits per heavy atom. The lowest BCUT2D eigenvalue weighted by Crippen LogP contribution is -1.97. The van der Waals surface area contributed by atoms with Crippen LogP contribution in [0.25, 0.3) is 10.9 Å². The monoisotopic (exact) mass is 198 g/mol. The largest absolute Gasteiger partial charge is 0.347 e. The van der Waals surface area contributed by atoms with Gasteiger partial charge >= 0.3 is 0 Å². The van der Waals surface area contributed by atoms with Crippen molar-refractivity contribution in [2.75, 3.05) is 0 Å². The van der Waals surface area contributed by atoms with Crippen molar-refractivity contribution in [3.05, 3.63) is 35.5 Å². The van der Waals surface area contributed by atoms with Crippen LogP contribution in [0.4, 0.5) is 0 Å². The minimum absolute atomic E-state index is 0.507. The highest BCUT2D eigenvalue weighted by Crippen LogP contribution is 2.24. The molecule has 1 aromatic heterocycles. The van der Waals surface area contributed by atoms with Crippen molar-refractivity contribution in [1.29, 1.82) is 5.26 Å². The number of aromatic nitrogens is 1. The lowest BCUT2D eigenvalue weighted by molar-refractivity contribution is 0.755. The van der Waals surface area contributed by atoms with Crippen LogP contribution in [0, 0.1) is 11.3 Å². The normalized spacial score (nSPS) is 10.9. The third-order valence-corrected chi connectivity index (χ3v) is 2.80. The predicted molar refractivity (Wildman–Crippen MR) is 61.7 cm³/mol. The average Bonchev–Trinajstić information content (AvgIpc) is 2.56. The van der Waals surface area contributed by atoms with Gasteiger partial charge < -0.3 is 4.57 Å². The molecule has 1 heterocycles. The zero-order chi connectivity index (χ0) is 11.0. The molecular formula is C13H14N2. The van der Waals surface area contributed by atoms with Crippen LogP contribution in [-0.2, 0) is 7.05 Å². The van der Waals surface area contributed by atoms with Crippen molar-refractivity contribution in [3.8, 4) is 6.07 Å². The number of fused-ring (bicyclic) bond motifs is 1. The van der Waals surface area contributed by atoms with E-state index in [1.54, 1.807) is 0 Å². The molecule has 2 heteroatoms. The molecule has 0 aliphatic heterocycles. The molecule has 2 rings (SSSR count). The van der Waals surface area contributed by atoms with Gasteiger partial charge in [-0.05, 0) is 29.5 Å². The van der Waals surface area contributed by atoms with E-state index in [1.165, 1.54) is 11.1 Å². The molecule has 0 spiro atoms. The first-order chi connectivity index (χ1) is 7.13. The van der Waals surface area contributed by atoms with E-state index in [2.05, 4.69) is 37.6 Å². The van der Waals surface area contributed by atoms with Gasteiger partial charge in [-0.15, -0.1) is 0 Å². The molecule has 0 aliphatic rings. The van der Waals surface area contributed by atoms with Crippen molar-refractivity contribution in [2.24, 2.45) is 7.05 Å². The van der Waals surface area contributed by atoms with Crippen LogP contribution in [0.15, 0.2) is 24.3 Å². The summed E-state index contributed by atoms with van der Waals surface area (Å²) in [6, 6.07) is 10.2. The number of benzene rings is 1. The predicted octanol–water partition coefficient (Wildman–Crippen LogP) is 3.17. The second-order valence-electron chi connectivity index (χ2n) is 4.17. The maximum atomic E-state index is 8.84. The van der Waals surface area contributed by atoms with Gasteiger partial charge in [-0.1, -0.05) is 19.9 Å². The van der Waals surface area contributed by atoms with E-state index >= 15 is 0 Å². The number of hydrogen-bond donors (Lipinski definition) is 0.